The number of rotatable bonds is 6. The third kappa shape index (κ3) is 4.60. The summed E-state index contributed by atoms with van der Waals surface area (Å²) < 4.78 is 0. The first-order valence-corrected chi connectivity index (χ1v) is 8.29. The Morgan fingerprint density at radius 1 is 0.917 bits per heavy atom. The van der Waals surface area contributed by atoms with Gasteiger partial charge in [0, 0.05) is 17.8 Å². The van der Waals surface area contributed by atoms with Gasteiger partial charge in [-0.1, -0.05) is 47.5 Å². The van der Waals surface area contributed by atoms with Gasteiger partial charge in [0.2, 0.25) is 5.95 Å². The molecule has 0 saturated carbocycles. The molecule has 0 aliphatic heterocycles. The van der Waals surface area contributed by atoms with Crippen LogP contribution in [0.5, 0.6) is 0 Å². The summed E-state index contributed by atoms with van der Waals surface area (Å²) in [6.07, 6.45) is 2.57. The molecule has 0 atom stereocenters. The fraction of sp³-hybridized carbons (Fsp3) is 0.111. The van der Waals surface area contributed by atoms with E-state index < -0.39 is 0 Å². The van der Waals surface area contributed by atoms with Crippen molar-refractivity contribution in [1.82, 2.24) is 9.97 Å². The van der Waals surface area contributed by atoms with Gasteiger partial charge < -0.3 is 10.6 Å². The van der Waals surface area contributed by atoms with Gasteiger partial charge in [-0.2, -0.15) is 4.98 Å². The first kappa shape index (κ1) is 16.6. The second kappa shape index (κ2) is 7.99. The van der Waals surface area contributed by atoms with E-state index in [-0.39, 0.29) is 0 Å². The van der Waals surface area contributed by atoms with E-state index in [1.165, 1.54) is 5.56 Å². The molecular weight excluding hydrogens is 343 g/mol. The van der Waals surface area contributed by atoms with Crippen molar-refractivity contribution in [2.45, 2.75) is 6.42 Å². The Morgan fingerprint density at radius 3 is 2.50 bits per heavy atom. The van der Waals surface area contributed by atoms with Crippen LogP contribution in [-0.4, -0.2) is 16.5 Å². The van der Waals surface area contributed by atoms with E-state index in [4.69, 9.17) is 23.2 Å². The number of hydrogen-bond acceptors (Lipinski definition) is 4. The predicted molar refractivity (Wildman–Crippen MR) is 100 cm³/mol. The van der Waals surface area contributed by atoms with Gasteiger partial charge in [-0.05, 0) is 42.3 Å². The molecule has 0 amide bonds. The molecule has 0 unspecified atom stereocenters. The minimum Gasteiger partial charge on any atom is -0.354 e. The zero-order valence-corrected chi connectivity index (χ0v) is 14.3. The molecule has 0 aliphatic rings. The number of hydrogen-bond donors (Lipinski definition) is 2. The lowest BCUT2D eigenvalue weighted by molar-refractivity contribution is 0.985. The Balaban J connectivity index is 1.59. The third-order valence-electron chi connectivity index (χ3n) is 3.40. The lowest BCUT2D eigenvalue weighted by Crippen LogP contribution is -2.08. The minimum absolute atomic E-state index is 0.570. The molecule has 2 aromatic carbocycles. The topological polar surface area (TPSA) is 49.8 Å². The molecule has 1 heterocycles. The first-order chi connectivity index (χ1) is 11.7. The molecule has 24 heavy (non-hydrogen) atoms. The van der Waals surface area contributed by atoms with E-state index in [0.29, 0.717) is 16.8 Å². The van der Waals surface area contributed by atoms with Crippen LogP contribution in [0, 0.1) is 0 Å². The quantitative estimate of drug-likeness (QED) is 0.637. The van der Waals surface area contributed by atoms with Crippen molar-refractivity contribution in [3.63, 3.8) is 0 Å². The summed E-state index contributed by atoms with van der Waals surface area (Å²) in [5, 5.41) is 7.80. The molecule has 2 N–H and O–H groups in total. The highest BCUT2D eigenvalue weighted by Crippen LogP contribution is 2.23. The number of nitrogens with one attached hydrogen (secondary N) is 2. The van der Waals surface area contributed by atoms with Crippen molar-refractivity contribution in [2.24, 2.45) is 0 Å². The Morgan fingerprint density at radius 2 is 1.71 bits per heavy atom. The van der Waals surface area contributed by atoms with Crippen LogP contribution in [0.4, 0.5) is 17.5 Å². The maximum absolute atomic E-state index is 6.15. The summed E-state index contributed by atoms with van der Waals surface area (Å²) >= 11 is 12.0. The number of aromatic nitrogens is 2. The predicted octanol–water partition coefficient (Wildman–Crippen LogP) is 5.18. The molecule has 0 radical (unpaired) electrons. The zero-order chi connectivity index (χ0) is 16.8. The van der Waals surface area contributed by atoms with E-state index in [1.807, 2.05) is 48.5 Å². The van der Waals surface area contributed by atoms with E-state index in [0.717, 1.165) is 23.7 Å². The average molecular weight is 359 g/mol. The fourth-order valence-electron chi connectivity index (χ4n) is 2.18. The molecule has 0 fully saturated rings. The van der Waals surface area contributed by atoms with Gasteiger partial charge in [0.1, 0.15) is 5.82 Å². The van der Waals surface area contributed by atoms with Crippen LogP contribution >= 0.6 is 23.2 Å². The highest BCUT2D eigenvalue weighted by atomic mass is 35.5. The van der Waals surface area contributed by atoms with E-state index >= 15 is 0 Å². The second-order valence-corrected chi connectivity index (χ2v) is 6.02. The van der Waals surface area contributed by atoms with Crippen LogP contribution < -0.4 is 10.6 Å². The van der Waals surface area contributed by atoms with Gasteiger partial charge in [0.05, 0.1) is 10.7 Å². The standard InChI is InChI=1S/C18H16Cl2N4/c19-14-7-5-13(6-8-14)9-11-21-18-22-12-10-17(24-18)23-16-4-2-1-3-15(16)20/h1-8,10,12H,9,11H2,(H2,21,22,23,24). The van der Waals surface area contributed by atoms with Crippen molar-refractivity contribution in [1.29, 1.82) is 0 Å². The van der Waals surface area contributed by atoms with Crippen molar-refractivity contribution >= 4 is 40.7 Å². The summed E-state index contributed by atoms with van der Waals surface area (Å²) in [5.41, 5.74) is 2.02. The van der Waals surface area contributed by atoms with Crippen LogP contribution in [0.2, 0.25) is 10.0 Å². The monoisotopic (exact) mass is 358 g/mol. The number of nitrogens with zero attached hydrogens (tertiary/aromatic N) is 2. The van der Waals surface area contributed by atoms with Crippen LogP contribution in [0.15, 0.2) is 60.8 Å². The zero-order valence-electron chi connectivity index (χ0n) is 12.8. The Bertz CT molecular complexity index is 806. The Kier molecular flexibility index (Phi) is 5.51. The van der Waals surface area contributed by atoms with Gasteiger partial charge in [0.25, 0.3) is 0 Å². The molecular formula is C18H16Cl2N4. The van der Waals surface area contributed by atoms with Crippen LogP contribution in [-0.2, 0) is 6.42 Å². The molecule has 0 spiro atoms. The van der Waals surface area contributed by atoms with Gasteiger partial charge in [-0.3, -0.25) is 0 Å². The molecule has 6 heteroatoms. The van der Waals surface area contributed by atoms with Crippen LogP contribution in [0.25, 0.3) is 0 Å². The van der Waals surface area contributed by atoms with Crippen LogP contribution in [0.1, 0.15) is 5.56 Å². The summed E-state index contributed by atoms with van der Waals surface area (Å²) in [5.74, 6) is 1.26. The van der Waals surface area contributed by atoms with Crippen molar-refractivity contribution < 1.29 is 0 Å². The second-order valence-electron chi connectivity index (χ2n) is 5.17. The third-order valence-corrected chi connectivity index (χ3v) is 3.98. The van der Waals surface area contributed by atoms with Gasteiger partial charge in [-0.25, -0.2) is 4.98 Å². The molecule has 0 aliphatic carbocycles. The van der Waals surface area contributed by atoms with Crippen molar-refractivity contribution in [3.8, 4) is 0 Å². The summed E-state index contributed by atoms with van der Waals surface area (Å²) in [7, 11) is 0. The number of anilines is 3. The molecule has 0 saturated heterocycles. The maximum atomic E-state index is 6.15. The lowest BCUT2D eigenvalue weighted by atomic mass is 10.1. The van der Waals surface area contributed by atoms with Crippen LogP contribution in [0.3, 0.4) is 0 Å². The fourth-order valence-corrected chi connectivity index (χ4v) is 2.49. The summed E-state index contributed by atoms with van der Waals surface area (Å²) in [6, 6.07) is 17.1. The normalized spacial score (nSPS) is 10.4. The largest absolute Gasteiger partial charge is 0.354 e. The highest BCUT2D eigenvalue weighted by Gasteiger charge is 2.03. The Hall–Kier alpha value is -2.30. The Labute approximate surface area is 150 Å². The molecule has 1 aromatic heterocycles. The molecule has 122 valence electrons. The average Bonchev–Trinajstić information content (AvgIpc) is 2.59. The number of para-hydroxylation sites is 1. The summed E-state index contributed by atoms with van der Waals surface area (Å²) in [4.78, 5) is 8.67. The molecule has 3 aromatic rings. The van der Waals surface area contributed by atoms with E-state index in [9.17, 15) is 0 Å². The molecule has 0 bridgehead atoms. The van der Waals surface area contributed by atoms with Gasteiger partial charge in [0.15, 0.2) is 0 Å². The maximum Gasteiger partial charge on any atom is 0.224 e. The molecule has 3 rings (SSSR count). The van der Waals surface area contributed by atoms with E-state index in [2.05, 4.69) is 20.6 Å². The van der Waals surface area contributed by atoms with Crippen molar-refractivity contribution in [2.75, 3.05) is 17.2 Å². The smallest absolute Gasteiger partial charge is 0.224 e. The highest BCUT2D eigenvalue weighted by molar-refractivity contribution is 6.33. The first-order valence-electron chi connectivity index (χ1n) is 7.53. The number of halogens is 2. The van der Waals surface area contributed by atoms with E-state index in [1.54, 1.807) is 12.3 Å². The summed E-state index contributed by atoms with van der Waals surface area (Å²) in [6.45, 7) is 0.733. The number of benzene rings is 2. The lowest BCUT2D eigenvalue weighted by Gasteiger charge is -2.09. The SMILES string of the molecule is Clc1ccc(CCNc2nccc(Nc3ccccc3Cl)n2)cc1. The van der Waals surface area contributed by atoms with Gasteiger partial charge in [-0.15, -0.1) is 0 Å². The van der Waals surface area contributed by atoms with Crippen molar-refractivity contribution in [3.05, 3.63) is 76.4 Å². The van der Waals surface area contributed by atoms with Gasteiger partial charge >= 0.3 is 0 Å². The minimum atomic E-state index is 0.570. The molecule has 4 nitrogen and oxygen atoms in total.